The minimum atomic E-state index is -0.248. The Morgan fingerprint density at radius 1 is 1.00 bits per heavy atom. The average molecular weight is 338 g/mol. The molecule has 0 N–H and O–H groups in total. The lowest BCUT2D eigenvalue weighted by molar-refractivity contribution is 0.745. The Kier molecular flexibility index (Phi) is 3.59. The van der Waals surface area contributed by atoms with Gasteiger partial charge in [0, 0.05) is 5.02 Å². The molecule has 0 atom stereocenters. The highest BCUT2D eigenvalue weighted by Gasteiger charge is 2.13. The molecule has 0 aliphatic carbocycles. The van der Waals surface area contributed by atoms with E-state index in [9.17, 15) is 4.79 Å². The van der Waals surface area contributed by atoms with Gasteiger partial charge in [-0.3, -0.25) is 9.36 Å². The quantitative estimate of drug-likeness (QED) is 0.576. The second-order valence-electron chi connectivity index (χ2n) is 5.28. The molecule has 0 aliphatic rings. The Hall–Kier alpha value is -2.99. The van der Waals surface area contributed by atoms with Gasteiger partial charge in [0.1, 0.15) is 6.33 Å². The van der Waals surface area contributed by atoms with Crippen LogP contribution in [0.5, 0.6) is 0 Å². The second kappa shape index (κ2) is 5.90. The van der Waals surface area contributed by atoms with Crippen molar-refractivity contribution in [3.63, 3.8) is 0 Å². The van der Waals surface area contributed by atoms with Crippen molar-refractivity contribution < 1.29 is 0 Å². The number of aromatic nitrogens is 5. The van der Waals surface area contributed by atoms with E-state index >= 15 is 0 Å². The molecule has 6 nitrogen and oxygen atoms in total. The summed E-state index contributed by atoms with van der Waals surface area (Å²) in [5, 5.41) is 8.67. The maximum Gasteiger partial charge on any atom is 0.283 e. The maximum atomic E-state index is 12.7. The first-order valence-corrected chi connectivity index (χ1v) is 7.71. The van der Waals surface area contributed by atoms with Crippen molar-refractivity contribution in [1.82, 2.24) is 24.5 Å². The number of hydrogen-bond donors (Lipinski definition) is 0. The highest BCUT2D eigenvalue weighted by Crippen LogP contribution is 2.16. The first-order chi connectivity index (χ1) is 11.7. The van der Waals surface area contributed by atoms with Crippen LogP contribution in [0.4, 0.5) is 0 Å². The molecule has 0 amide bonds. The fourth-order valence-corrected chi connectivity index (χ4v) is 2.71. The summed E-state index contributed by atoms with van der Waals surface area (Å²) in [7, 11) is 0. The van der Waals surface area contributed by atoms with Gasteiger partial charge in [0.2, 0.25) is 0 Å². The SMILES string of the molecule is O=c1c2nnn(-c3ccccc3)c2ncn1Cc1ccccc1Cl. The van der Waals surface area contributed by atoms with Crippen molar-refractivity contribution in [1.29, 1.82) is 0 Å². The second-order valence-corrected chi connectivity index (χ2v) is 5.69. The lowest BCUT2D eigenvalue weighted by Gasteiger charge is -2.07. The van der Waals surface area contributed by atoms with Crippen LogP contribution in [0.1, 0.15) is 5.56 Å². The third-order valence-electron chi connectivity index (χ3n) is 3.73. The van der Waals surface area contributed by atoms with Crippen LogP contribution in [-0.2, 0) is 6.54 Å². The van der Waals surface area contributed by atoms with Crippen LogP contribution in [0.15, 0.2) is 65.7 Å². The summed E-state index contributed by atoms with van der Waals surface area (Å²) in [6.07, 6.45) is 1.50. The molecule has 0 saturated heterocycles. The number of hydrogen-bond acceptors (Lipinski definition) is 4. The third kappa shape index (κ3) is 2.47. The van der Waals surface area contributed by atoms with Gasteiger partial charge in [0.15, 0.2) is 11.2 Å². The van der Waals surface area contributed by atoms with Crippen molar-refractivity contribution in [3.05, 3.63) is 81.9 Å². The van der Waals surface area contributed by atoms with E-state index < -0.39 is 0 Å². The van der Waals surface area contributed by atoms with Gasteiger partial charge in [-0.25, -0.2) is 4.98 Å². The molecule has 0 spiro atoms. The molecule has 24 heavy (non-hydrogen) atoms. The highest BCUT2D eigenvalue weighted by molar-refractivity contribution is 6.31. The zero-order valence-corrected chi connectivity index (χ0v) is 13.3. The topological polar surface area (TPSA) is 65.6 Å². The van der Waals surface area contributed by atoms with E-state index in [-0.39, 0.29) is 11.1 Å². The highest BCUT2D eigenvalue weighted by atomic mass is 35.5. The number of rotatable bonds is 3. The summed E-state index contributed by atoms with van der Waals surface area (Å²) in [5.41, 5.74) is 2.06. The van der Waals surface area contributed by atoms with Crippen molar-refractivity contribution in [2.45, 2.75) is 6.54 Å². The van der Waals surface area contributed by atoms with Crippen LogP contribution >= 0.6 is 11.6 Å². The smallest absolute Gasteiger partial charge is 0.283 e. The van der Waals surface area contributed by atoms with Gasteiger partial charge in [-0.15, -0.1) is 5.10 Å². The Bertz CT molecular complexity index is 1070. The van der Waals surface area contributed by atoms with Crippen LogP contribution in [0, 0.1) is 0 Å². The number of halogens is 1. The summed E-state index contributed by atoms with van der Waals surface area (Å²) >= 11 is 6.16. The third-order valence-corrected chi connectivity index (χ3v) is 4.10. The largest absolute Gasteiger partial charge is 0.293 e. The standard InChI is InChI=1S/C17H12ClN5O/c18-14-9-5-4-6-12(14)10-22-11-19-16-15(17(22)24)20-21-23(16)13-7-2-1-3-8-13/h1-9,11H,10H2. The first kappa shape index (κ1) is 14.6. The van der Waals surface area contributed by atoms with Crippen molar-refractivity contribution in [2.24, 2.45) is 0 Å². The van der Waals surface area contributed by atoms with E-state index in [2.05, 4.69) is 15.3 Å². The number of para-hydroxylation sites is 1. The molecular formula is C17H12ClN5O. The van der Waals surface area contributed by atoms with Crippen LogP contribution in [0.2, 0.25) is 5.02 Å². The predicted octanol–water partition coefficient (Wildman–Crippen LogP) is 2.68. The molecule has 4 rings (SSSR count). The minimum absolute atomic E-state index is 0.230. The molecule has 2 heterocycles. The fourth-order valence-electron chi connectivity index (χ4n) is 2.51. The summed E-state index contributed by atoms with van der Waals surface area (Å²) in [4.78, 5) is 17.0. The molecule has 0 fully saturated rings. The molecule has 0 saturated carbocycles. The molecule has 0 bridgehead atoms. The van der Waals surface area contributed by atoms with Gasteiger partial charge in [-0.1, -0.05) is 53.2 Å². The first-order valence-electron chi connectivity index (χ1n) is 7.34. The summed E-state index contributed by atoms with van der Waals surface area (Å²) in [6, 6.07) is 16.8. The van der Waals surface area contributed by atoms with Gasteiger partial charge >= 0.3 is 0 Å². The summed E-state index contributed by atoms with van der Waals surface area (Å²) in [6.45, 7) is 0.333. The molecular weight excluding hydrogens is 326 g/mol. The molecule has 0 aliphatic heterocycles. The lowest BCUT2D eigenvalue weighted by atomic mass is 10.2. The van der Waals surface area contributed by atoms with Crippen molar-refractivity contribution in [2.75, 3.05) is 0 Å². The van der Waals surface area contributed by atoms with Crippen LogP contribution in [-0.4, -0.2) is 24.5 Å². The number of nitrogens with zero attached hydrogens (tertiary/aromatic N) is 5. The van der Waals surface area contributed by atoms with Gasteiger partial charge in [0.05, 0.1) is 12.2 Å². The van der Waals surface area contributed by atoms with E-state index in [4.69, 9.17) is 11.6 Å². The van der Waals surface area contributed by atoms with Crippen LogP contribution in [0.25, 0.3) is 16.9 Å². The molecule has 118 valence electrons. The van der Waals surface area contributed by atoms with E-state index in [0.29, 0.717) is 17.2 Å². The van der Waals surface area contributed by atoms with Gasteiger partial charge in [-0.2, -0.15) is 4.68 Å². The molecule has 0 radical (unpaired) electrons. The summed E-state index contributed by atoms with van der Waals surface area (Å²) in [5.74, 6) is 0. The van der Waals surface area contributed by atoms with E-state index in [1.54, 1.807) is 10.7 Å². The fraction of sp³-hybridized carbons (Fsp3) is 0.0588. The zero-order valence-electron chi connectivity index (χ0n) is 12.5. The van der Waals surface area contributed by atoms with E-state index in [1.807, 2.05) is 48.5 Å². The Morgan fingerprint density at radius 2 is 1.75 bits per heavy atom. The molecule has 2 aromatic carbocycles. The van der Waals surface area contributed by atoms with E-state index in [0.717, 1.165) is 11.3 Å². The molecule has 2 aromatic heterocycles. The molecule has 7 heteroatoms. The van der Waals surface area contributed by atoms with Crippen molar-refractivity contribution >= 4 is 22.8 Å². The normalized spacial score (nSPS) is 11.0. The Labute approximate surface area is 142 Å². The number of fused-ring (bicyclic) bond motifs is 1. The van der Waals surface area contributed by atoms with Gasteiger partial charge in [-0.05, 0) is 23.8 Å². The minimum Gasteiger partial charge on any atom is -0.293 e. The maximum absolute atomic E-state index is 12.7. The van der Waals surface area contributed by atoms with Crippen LogP contribution in [0.3, 0.4) is 0 Å². The zero-order chi connectivity index (χ0) is 16.5. The van der Waals surface area contributed by atoms with Crippen LogP contribution < -0.4 is 5.56 Å². The molecule has 0 unspecified atom stereocenters. The van der Waals surface area contributed by atoms with Crippen molar-refractivity contribution in [3.8, 4) is 5.69 Å². The van der Waals surface area contributed by atoms with E-state index in [1.165, 1.54) is 10.9 Å². The van der Waals surface area contributed by atoms with Gasteiger partial charge < -0.3 is 0 Å². The summed E-state index contributed by atoms with van der Waals surface area (Å²) < 4.78 is 3.03. The predicted molar refractivity (Wildman–Crippen MR) is 91.5 cm³/mol. The Balaban J connectivity index is 1.80. The van der Waals surface area contributed by atoms with Gasteiger partial charge in [0.25, 0.3) is 5.56 Å². The lowest BCUT2D eigenvalue weighted by Crippen LogP contribution is -2.21. The molecule has 4 aromatic rings. The average Bonchev–Trinajstić information content (AvgIpc) is 3.05. The Morgan fingerprint density at radius 3 is 2.54 bits per heavy atom. The monoisotopic (exact) mass is 337 g/mol. The number of benzene rings is 2.